The van der Waals surface area contributed by atoms with Crippen LogP contribution in [0.15, 0.2) is 60.7 Å². The van der Waals surface area contributed by atoms with Gasteiger partial charge in [0, 0.05) is 34.6 Å². The molecule has 0 fully saturated rings. The number of hydrogen-bond donors (Lipinski definition) is 2. The van der Waals surface area contributed by atoms with Gasteiger partial charge in [0.1, 0.15) is 18.2 Å². The molecule has 31 heavy (non-hydrogen) atoms. The number of nitrogens with one attached hydrogen (secondary N) is 2. The van der Waals surface area contributed by atoms with Crippen LogP contribution >= 0.6 is 0 Å². The SMILES string of the molecule is Cc1ccc(NCCCc2ccc3c(c2)CO/C3=C2/C(=O)Nc3ccc(F)cc32)cc1. The van der Waals surface area contributed by atoms with E-state index in [9.17, 15) is 9.18 Å². The molecule has 0 atom stereocenters. The minimum absolute atomic E-state index is 0.255. The number of rotatable bonds is 5. The van der Waals surface area contributed by atoms with Crippen LogP contribution in [0.2, 0.25) is 0 Å². The Bertz CT molecular complexity index is 1200. The average molecular weight is 414 g/mol. The van der Waals surface area contributed by atoms with Crippen molar-refractivity contribution in [2.45, 2.75) is 26.4 Å². The fourth-order valence-corrected chi connectivity index (χ4v) is 4.14. The van der Waals surface area contributed by atoms with Crippen LogP contribution in [0.4, 0.5) is 15.8 Å². The number of amides is 1. The molecular weight excluding hydrogens is 391 g/mol. The third kappa shape index (κ3) is 3.79. The Hall–Kier alpha value is -3.60. The quantitative estimate of drug-likeness (QED) is 0.426. The highest BCUT2D eigenvalue weighted by Gasteiger charge is 2.32. The molecule has 2 N–H and O–H groups in total. The number of carbonyl (C=O) groups is 1. The molecule has 0 radical (unpaired) electrons. The number of aryl methyl sites for hydroxylation is 2. The summed E-state index contributed by atoms with van der Waals surface area (Å²) in [7, 11) is 0. The molecule has 0 saturated heterocycles. The fourth-order valence-electron chi connectivity index (χ4n) is 4.14. The number of halogens is 1. The van der Waals surface area contributed by atoms with Gasteiger partial charge in [-0.05, 0) is 55.7 Å². The molecular formula is C26H23FN2O2. The van der Waals surface area contributed by atoms with Crippen LogP contribution in [-0.2, 0) is 22.6 Å². The molecule has 0 aliphatic carbocycles. The van der Waals surface area contributed by atoms with Gasteiger partial charge in [-0.1, -0.05) is 35.9 Å². The van der Waals surface area contributed by atoms with E-state index in [0.717, 1.165) is 36.2 Å². The van der Waals surface area contributed by atoms with E-state index in [1.807, 2.05) is 6.07 Å². The lowest BCUT2D eigenvalue weighted by Gasteiger charge is -2.08. The number of hydrogen-bond acceptors (Lipinski definition) is 3. The number of anilines is 2. The topological polar surface area (TPSA) is 50.4 Å². The molecule has 3 aromatic carbocycles. The Morgan fingerprint density at radius 3 is 2.71 bits per heavy atom. The van der Waals surface area contributed by atoms with E-state index in [1.54, 1.807) is 6.07 Å². The zero-order chi connectivity index (χ0) is 21.4. The molecule has 2 aliphatic heterocycles. The van der Waals surface area contributed by atoms with Crippen molar-refractivity contribution in [2.75, 3.05) is 17.2 Å². The molecule has 0 unspecified atom stereocenters. The summed E-state index contributed by atoms with van der Waals surface area (Å²) >= 11 is 0. The maximum Gasteiger partial charge on any atom is 0.260 e. The summed E-state index contributed by atoms with van der Waals surface area (Å²) in [6.45, 7) is 3.40. The van der Waals surface area contributed by atoms with Crippen LogP contribution in [0.3, 0.4) is 0 Å². The molecule has 0 bridgehead atoms. The highest BCUT2D eigenvalue weighted by molar-refractivity contribution is 6.36. The van der Waals surface area contributed by atoms with E-state index >= 15 is 0 Å². The number of fused-ring (bicyclic) bond motifs is 2. The Kier molecular flexibility index (Phi) is 4.94. The second kappa shape index (κ2) is 7.91. The normalized spacial score (nSPS) is 16.5. The zero-order valence-corrected chi connectivity index (χ0v) is 17.3. The molecule has 2 aliphatic rings. The summed E-state index contributed by atoms with van der Waals surface area (Å²) in [4.78, 5) is 12.5. The van der Waals surface area contributed by atoms with Crippen LogP contribution in [0.1, 0.15) is 34.2 Å². The maximum atomic E-state index is 13.8. The van der Waals surface area contributed by atoms with Gasteiger partial charge in [0.25, 0.3) is 5.91 Å². The first-order valence-corrected chi connectivity index (χ1v) is 10.5. The van der Waals surface area contributed by atoms with Crippen molar-refractivity contribution in [3.63, 3.8) is 0 Å². The predicted molar refractivity (Wildman–Crippen MR) is 121 cm³/mol. The third-order valence-electron chi connectivity index (χ3n) is 5.76. The van der Waals surface area contributed by atoms with Gasteiger partial charge in [-0.15, -0.1) is 0 Å². The van der Waals surface area contributed by atoms with Crippen molar-refractivity contribution in [1.29, 1.82) is 0 Å². The molecule has 5 heteroatoms. The molecule has 1 amide bonds. The maximum absolute atomic E-state index is 13.8. The van der Waals surface area contributed by atoms with Gasteiger partial charge in [0.05, 0.1) is 5.57 Å². The standard InChI is InChI=1S/C26H23FN2O2/c1-16-4-8-20(9-5-16)28-12-2-3-17-6-10-21-18(13-17)15-31-25(21)24-22-14-19(27)7-11-23(22)29-26(24)30/h4-11,13-14,28H,2-3,12,15H2,1H3,(H,29,30)/b25-24+. The molecule has 0 aromatic heterocycles. The van der Waals surface area contributed by atoms with Crippen LogP contribution in [-0.4, -0.2) is 12.5 Å². The number of carbonyl (C=O) groups excluding carboxylic acids is 1. The van der Waals surface area contributed by atoms with Crippen LogP contribution in [0.5, 0.6) is 0 Å². The molecule has 156 valence electrons. The Morgan fingerprint density at radius 1 is 1.03 bits per heavy atom. The highest BCUT2D eigenvalue weighted by atomic mass is 19.1. The predicted octanol–water partition coefficient (Wildman–Crippen LogP) is 5.53. The van der Waals surface area contributed by atoms with E-state index in [1.165, 1.54) is 23.3 Å². The van der Waals surface area contributed by atoms with E-state index in [0.29, 0.717) is 29.2 Å². The van der Waals surface area contributed by atoms with Crippen molar-refractivity contribution in [1.82, 2.24) is 0 Å². The van der Waals surface area contributed by atoms with Crippen molar-refractivity contribution in [3.05, 3.63) is 94.3 Å². The van der Waals surface area contributed by atoms with Crippen molar-refractivity contribution < 1.29 is 13.9 Å². The van der Waals surface area contributed by atoms with Crippen molar-refractivity contribution in [2.24, 2.45) is 0 Å². The molecule has 5 rings (SSSR count). The Morgan fingerprint density at radius 2 is 1.87 bits per heavy atom. The van der Waals surface area contributed by atoms with E-state index in [2.05, 4.69) is 54.0 Å². The third-order valence-corrected chi connectivity index (χ3v) is 5.76. The second-order valence-corrected chi connectivity index (χ2v) is 8.02. The summed E-state index contributed by atoms with van der Waals surface area (Å²) in [5.74, 6) is -0.0969. The summed E-state index contributed by atoms with van der Waals surface area (Å²) in [5, 5.41) is 6.24. The molecule has 0 spiro atoms. The van der Waals surface area contributed by atoms with Gasteiger partial charge in [0.2, 0.25) is 0 Å². The minimum atomic E-state index is -0.374. The number of benzene rings is 3. The van der Waals surface area contributed by atoms with E-state index < -0.39 is 0 Å². The average Bonchev–Trinajstić information content (AvgIpc) is 3.31. The molecule has 3 aromatic rings. The van der Waals surface area contributed by atoms with Crippen LogP contribution < -0.4 is 10.6 Å². The summed E-state index contributed by atoms with van der Waals surface area (Å²) in [5.41, 5.74) is 7.17. The summed E-state index contributed by atoms with van der Waals surface area (Å²) in [6, 6.07) is 19.0. The number of ether oxygens (including phenoxy) is 1. The van der Waals surface area contributed by atoms with Crippen LogP contribution in [0.25, 0.3) is 11.3 Å². The van der Waals surface area contributed by atoms with Gasteiger partial charge in [-0.25, -0.2) is 4.39 Å². The lowest BCUT2D eigenvalue weighted by molar-refractivity contribution is -0.110. The zero-order valence-electron chi connectivity index (χ0n) is 17.3. The lowest BCUT2D eigenvalue weighted by Crippen LogP contribution is -2.05. The second-order valence-electron chi connectivity index (χ2n) is 8.02. The van der Waals surface area contributed by atoms with E-state index in [4.69, 9.17) is 4.74 Å². The molecule has 0 saturated carbocycles. The van der Waals surface area contributed by atoms with Gasteiger partial charge < -0.3 is 15.4 Å². The van der Waals surface area contributed by atoms with Gasteiger partial charge in [0.15, 0.2) is 0 Å². The van der Waals surface area contributed by atoms with Crippen molar-refractivity contribution in [3.8, 4) is 0 Å². The van der Waals surface area contributed by atoms with Gasteiger partial charge >= 0.3 is 0 Å². The van der Waals surface area contributed by atoms with Crippen LogP contribution in [0, 0.1) is 12.7 Å². The lowest BCUT2D eigenvalue weighted by atomic mass is 9.98. The first-order chi connectivity index (χ1) is 15.1. The van der Waals surface area contributed by atoms with Gasteiger partial charge in [-0.3, -0.25) is 4.79 Å². The molecule has 4 nitrogen and oxygen atoms in total. The van der Waals surface area contributed by atoms with Crippen molar-refractivity contribution >= 4 is 28.6 Å². The fraction of sp³-hybridized carbons (Fsp3) is 0.192. The minimum Gasteiger partial charge on any atom is -0.487 e. The van der Waals surface area contributed by atoms with Gasteiger partial charge in [-0.2, -0.15) is 0 Å². The van der Waals surface area contributed by atoms with E-state index in [-0.39, 0.29) is 11.7 Å². The Balaban J connectivity index is 1.30. The highest BCUT2D eigenvalue weighted by Crippen LogP contribution is 2.42. The largest absolute Gasteiger partial charge is 0.487 e. The summed E-state index contributed by atoms with van der Waals surface area (Å²) in [6.07, 6.45) is 1.96. The smallest absolute Gasteiger partial charge is 0.260 e. The first-order valence-electron chi connectivity index (χ1n) is 10.5. The first kappa shape index (κ1) is 19.4. The monoisotopic (exact) mass is 414 g/mol. The molecule has 2 heterocycles. The summed E-state index contributed by atoms with van der Waals surface area (Å²) < 4.78 is 19.7. The Labute approximate surface area is 180 Å².